The van der Waals surface area contributed by atoms with Crippen LogP contribution >= 0.6 is 24.0 Å². The molecule has 30 heavy (non-hydrogen) atoms. The number of rotatable bonds is 9. The Morgan fingerprint density at radius 1 is 1.17 bits per heavy atom. The van der Waals surface area contributed by atoms with Crippen molar-refractivity contribution in [2.45, 2.75) is 26.3 Å². The average Bonchev–Trinajstić information content (AvgIpc) is 2.70. The standard InChI is InChI=1S/C20H25F3N4O2.HI/c1-2-24-19(27-13-17-5-3-4-10-25-17)26-12-16(14-28)11-15-6-8-18(9-7-15)29-20(21,22)23;/h3-10,16,28H,2,11-14H2,1H3,(H2,24,26,27);1H. The number of pyridine rings is 1. The van der Waals surface area contributed by atoms with Crippen LogP contribution in [0, 0.1) is 5.92 Å². The first kappa shape index (κ1) is 26.0. The molecule has 1 atom stereocenters. The maximum absolute atomic E-state index is 12.2. The molecule has 6 nitrogen and oxygen atoms in total. The molecular formula is C20H26F3IN4O2. The lowest BCUT2D eigenvalue weighted by Gasteiger charge is -2.18. The van der Waals surface area contributed by atoms with Gasteiger partial charge in [-0.05, 0) is 43.2 Å². The fraction of sp³-hybridized carbons (Fsp3) is 0.400. The SMILES string of the molecule is CCNC(=NCc1ccccn1)NCC(CO)Cc1ccc(OC(F)(F)F)cc1.I. The molecule has 166 valence electrons. The van der Waals surface area contributed by atoms with Crippen LogP contribution in [0.5, 0.6) is 5.75 Å². The Kier molecular flexibility index (Phi) is 11.5. The zero-order valence-electron chi connectivity index (χ0n) is 16.5. The normalized spacial score (nSPS) is 12.6. The smallest absolute Gasteiger partial charge is 0.406 e. The number of hydrogen-bond acceptors (Lipinski definition) is 4. The molecule has 0 radical (unpaired) electrons. The Labute approximate surface area is 191 Å². The van der Waals surface area contributed by atoms with E-state index in [1.165, 1.54) is 12.1 Å². The lowest BCUT2D eigenvalue weighted by atomic mass is 10.00. The minimum atomic E-state index is -4.71. The van der Waals surface area contributed by atoms with Crippen LogP contribution < -0.4 is 15.4 Å². The van der Waals surface area contributed by atoms with E-state index < -0.39 is 6.36 Å². The van der Waals surface area contributed by atoms with Crippen molar-refractivity contribution in [2.24, 2.45) is 10.9 Å². The highest BCUT2D eigenvalue weighted by Crippen LogP contribution is 2.23. The summed E-state index contributed by atoms with van der Waals surface area (Å²) in [6, 6.07) is 11.3. The van der Waals surface area contributed by atoms with Gasteiger partial charge in [-0.1, -0.05) is 18.2 Å². The topological polar surface area (TPSA) is 78.8 Å². The van der Waals surface area contributed by atoms with E-state index in [9.17, 15) is 18.3 Å². The molecule has 0 saturated carbocycles. The molecule has 10 heteroatoms. The number of aliphatic hydroxyl groups is 1. The number of alkyl halides is 3. The van der Waals surface area contributed by atoms with E-state index in [-0.39, 0.29) is 42.3 Å². The lowest BCUT2D eigenvalue weighted by Crippen LogP contribution is -2.40. The van der Waals surface area contributed by atoms with E-state index in [2.05, 4.69) is 25.3 Å². The highest BCUT2D eigenvalue weighted by Gasteiger charge is 2.30. The minimum absolute atomic E-state index is 0. The predicted molar refractivity (Wildman–Crippen MR) is 120 cm³/mol. The molecule has 0 aliphatic rings. The Hall–Kier alpha value is -2.08. The fourth-order valence-electron chi connectivity index (χ4n) is 2.60. The van der Waals surface area contributed by atoms with Crippen molar-refractivity contribution in [2.75, 3.05) is 19.7 Å². The molecule has 0 aliphatic carbocycles. The van der Waals surface area contributed by atoms with Crippen molar-refractivity contribution in [1.82, 2.24) is 15.6 Å². The lowest BCUT2D eigenvalue weighted by molar-refractivity contribution is -0.274. The highest BCUT2D eigenvalue weighted by molar-refractivity contribution is 14.0. The molecule has 0 fully saturated rings. The summed E-state index contributed by atoms with van der Waals surface area (Å²) >= 11 is 0. The van der Waals surface area contributed by atoms with Crippen LogP contribution in [0.15, 0.2) is 53.7 Å². The summed E-state index contributed by atoms with van der Waals surface area (Å²) in [6.07, 6.45) is -2.51. The van der Waals surface area contributed by atoms with Crippen molar-refractivity contribution < 1.29 is 23.0 Å². The Balaban J connectivity index is 0.00000450. The molecule has 1 heterocycles. The van der Waals surface area contributed by atoms with Crippen LogP contribution in [-0.2, 0) is 13.0 Å². The van der Waals surface area contributed by atoms with Crippen molar-refractivity contribution in [1.29, 1.82) is 0 Å². The maximum atomic E-state index is 12.2. The number of benzene rings is 1. The van der Waals surface area contributed by atoms with Crippen LogP contribution in [0.1, 0.15) is 18.2 Å². The highest BCUT2D eigenvalue weighted by atomic mass is 127. The fourth-order valence-corrected chi connectivity index (χ4v) is 2.60. The second kappa shape index (κ2) is 13.3. The Morgan fingerprint density at radius 3 is 2.47 bits per heavy atom. The summed E-state index contributed by atoms with van der Waals surface area (Å²) in [7, 11) is 0. The summed E-state index contributed by atoms with van der Waals surface area (Å²) in [6.45, 7) is 3.42. The van der Waals surface area contributed by atoms with Gasteiger partial charge in [0.05, 0.1) is 12.2 Å². The summed E-state index contributed by atoms with van der Waals surface area (Å²) in [5.41, 5.74) is 1.64. The maximum Gasteiger partial charge on any atom is 0.573 e. The molecule has 2 aromatic rings. The molecule has 0 spiro atoms. The first-order valence-electron chi connectivity index (χ1n) is 9.27. The van der Waals surface area contributed by atoms with Gasteiger partial charge in [0.15, 0.2) is 5.96 Å². The molecule has 3 N–H and O–H groups in total. The van der Waals surface area contributed by atoms with Gasteiger partial charge in [-0.3, -0.25) is 4.98 Å². The van der Waals surface area contributed by atoms with Crippen molar-refractivity contribution >= 4 is 29.9 Å². The first-order chi connectivity index (χ1) is 13.9. The molecule has 1 unspecified atom stereocenters. The van der Waals surface area contributed by atoms with E-state index in [0.29, 0.717) is 32.0 Å². The van der Waals surface area contributed by atoms with Gasteiger partial charge in [-0.15, -0.1) is 37.1 Å². The minimum Gasteiger partial charge on any atom is -0.406 e. The molecule has 2 rings (SSSR count). The molecule has 0 saturated heterocycles. The number of aromatic nitrogens is 1. The second-order valence-corrected chi connectivity index (χ2v) is 6.34. The number of nitrogens with one attached hydrogen (secondary N) is 2. The number of nitrogens with zero attached hydrogens (tertiary/aromatic N) is 2. The van der Waals surface area contributed by atoms with Crippen LogP contribution in [0.3, 0.4) is 0 Å². The number of ether oxygens (including phenoxy) is 1. The molecule has 1 aromatic heterocycles. The molecule has 0 bridgehead atoms. The zero-order chi connectivity index (χ0) is 21.1. The largest absolute Gasteiger partial charge is 0.573 e. The number of aliphatic hydroxyl groups excluding tert-OH is 1. The Morgan fingerprint density at radius 2 is 1.90 bits per heavy atom. The van der Waals surface area contributed by atoms with Gasteiger partial charge in [-0.2, -0.15) is 0 Å². The molecule has 1 aromatic carbocycles. The molecule has 0 amide bonds. The number of halogens is 4. The van der Waals surface area contributed by atoms with E-state index in [1.807, 2.05) is 25.1 Å². The summed E-state index contributed by atoms with van der Waals surface area (Å²) < 4.78 is 40.6. The third-order valence-electron chi connectivity index (χ3n) is 3.97. The summed E-state index contributed by atoms with van der Waals surface area (Å²) in [5, 5.41) is 16.0. The van der Waals surface area contributed by atoms with E-state index in [0.717, 1.165) is 11.3 Å². The third kappa shape index (κ3) is 10.1. The monoisotopic (exact) mass is 538 g/mol. The van der Waals surface area contributed by atoms with Crippen LogP contribution in [0.4, 0.5) is 13.2 Å². The Bertz CT molecular complexity index is 759. The van der Waals surface area contributed by atoms with Crippen LogP contribution in [-0.4, -0.2) is 42.1 Å². The van der Waals surface area contributed by atoms with Gasteiger partial charge in [0.1, 0.15) is 5.75 Å². The summed E-state index contributed by atoms with van der Waals surface area (Å²) in [5.74, 6) is 0.199. The van der Waals surface area contributed by atoms with E-state index >= 15 is 0 Å². The van der Waals surface area contributed by atoms with Crippen molar-refractivity contribution in [3.63, 3.8) is 0 Å². The zero-order valence-corrected chi connectivity index (χ0v) is 18.9. The second-order valence-electron chi connectivity index (χ2n) is 6.34. The van der Waals surface area contributed by atoms with Gasteiger partial charge in [0, 0.05) is 31.8 Å². The first-order valence-corrected chi connectivity index (χ1v) is 9.27. The van der Waals surface area contributed by atoms with E-state index in [1.54, 1.807) is 18.3 Å². The van der Waals surface area contributed by atoms with Gasteiger partial charge in [0.25, 0.3) is 0 Å². The van der Waals surface area contributed by atoms with Crippen LogP contribution in [0.2, 0.25) is 0 Å². The quantitative estimate of drug-likeness (QED) is 0.259. The third-order valence-corrected chi connectivity index (χ3v) is 3.97. The average molecular weight is 538 g/mol. The van der Waals surface area contributed by atoms with Crippen molar-refractivity contribution in [3.8, 4) is 5.75 Å². The molecular weight excluding hydrogens is 512 g/mol. The van der Waals surface area contributed by atoms with Gasteiger partial charge >= 0.3 is 6.36 Å². The predicted octanol–water partition coefficient (Wildman–Crippen LogP) is 3.50. The number of aliphatic imine (C=N–C) groups is 1. The summed E-state index contributed by atoms with van der Waals surface area (Å²) in [4.78, 5) is 8.69. The molecule has 0 aliphatic heterocycles. The van der Waals surface area contributed by atoms with Gasteiger partial charge in [-0.25, -0.2) is 4.99 Å². The van der Waals surface area contributed by atoms with Crippen LogP contribution in [0.25, 0.3) is 0 Å². The van der Waals surface area contributed by atoms with E-state index in [4.69, 9.17) is 0 Å². The number of hydrogen-bond donors (Lipinski definition) is 3. The van der Waals surface area contributed by atoms with Gasteiger partial charge < -0.3 is 20.5 Å². The van der Waals surface area contributed by atoms with Crippen molar-refractivity contribution in [3.05, 3.63) is 59.9 Å². The van der Waals surface area contributed by atoms with Gasteiger partial charge in [0.2, 0.25) is 0 Å². The number of guanidine groups is 1.